The van der Waals surface area contributed by atoms with Crippen molar-refractivity contribution in [3.05, 3.63) is 34.9 Å². The number of nitrogens with one attached hydrogen (secondary N) is 2. The highest BCUT2D eigenvalue weighted by molar-refractivity contribution is 6.23. The fourth-order valence-corrected chi connectivity index (χ4v) is 3.63. The second-order valence-electron chi connectivity index (χ2n) is 7.41. The number of fused-ring (bicyclic) bond motifs is 1. The number of carbonyl (C=O) groups is 5. The average Bonchev–Trinajstić information content (AvgIpc) is 2.94. The zero-order valence-electron chi connectivity index (χ0n) is 16.5. The maximum absolute atomic E-state index is 12.8. The van der Waals surface area contributed by atoms with Gasteiger partial charge in [-0.25, -0.2) is 0 Å². The van der Waals surface area contributed by atoms with Crippen molar-refractivity contribution < 1.29 is 24.0 Å². The first-order chi connectivity index (χ1) is 13.9. The van der Waals surface area contributed by atoms with E-state index >= 15 is 0 Å². The Morgan fingerprint density at radius 1 is 1.10 bits per heavy atom. The molecule has 154 valence electrons. The van der Waals surface area contributed by atoms with E-state index in [0.29, 0.717) is 12.0 Å². The first kappa shape index (κ1) is 20.7. The fourth-order valence-electron chi connectivity index (χ4n) is 3.63. The van der Waals surface area contributed by atoms with Crippen LogP contribution in [0.4, 0.5) is 0 Å². The van der Waals surface area contributed by atoms with Crippen molar-refractivity contribution in [1.29, 1.82) is 0 Å². The molecule has 2 aliphatic rings. The van der Waals surface area contributed by atoms with E-state index in [0.717, 1.165) is 30.6 Å². The second-order valence-corrected chi connectivity index (χ2v) is 7.41. The van der Waals surface area contributed by atoms with Gasteiger partial charge < -0.3 is 5.32 Å². The first-order valence-electron chi connectivity index (χ1n) is 10.0. The summed E-state index contributed by atoms with van der Waals surface area (Å²) in [4.78, 5) is 61.7. The smallest absolute Gasteiger partial charge is 0.262 e. The summed E-state index contributed by atoms with van der Waals surface area (Å²) in [6.07, 6.45) is 4.76. The first-order valence-corrected chi connectivity index (χ1v) is 10.0. The summed E-state index contributed by atoms with van der Waals surface area (Å²) < 4.78 is 0. The van der Waals surface area contributed by atoms with E-state index in [9.17, 15) is 24.0 Å². The third-order valence-corrected chi connectivity index (χ3v) is 5.25. The van der Waals surface area contributed by atoms with E-state index in [1.165, 1.54) is 0 Å². The fraction of sp³-hybridized carbons (Fsp3) is 0.476. The molecule has 2 aliphatic heterocycles. The van der Waals surface area contributed by atoms with Gasteiger partial charge in [0.2, 0.25) is 17.7 Å². The summed E-state index contributed by atoms with van der Waals surface area (Å²) in [6.45, 7) is 2.38. The second kappa shape index (κ2) is 8.98. The van der Waals surface area contributed by atoms with Gasteiger partial charge in [0.15, 0.2) is 0 Å². The lowest BCUT2D eigenvalue weighted by Gasteiger charge is -2.27. The summed E-state index contributed by atoms with van der Waals surface area (Å²) in [5.74, 6) is -2.17. The van der Waals surface area contributed by atoms with Gasteiger partial charge in [-0.2, -0.15) is 0 Å². The Kier molecular flexibility index (Phi) is 6.41. The lowest BCUT2D eigenvalue weighted by molar-refractivity contribution is -0.136. The molecule has 2 heterocycles. The van der Waals surface area contributed by atoms with Crippen LogP contribution in [0.25, 0.3) is 0 Å². The van der Waals surface area contributed by atoms with Crippen molar-refractivity contribution in [2.24, 2.45) is 0 Å². The topological polar surface area (TPSA) is 113 Å². The Morgan fingerprint density at radius 3 is 2.59 bits per heavy atom. The normalized spacial score (nSPS) is 18.7. The molecule has 2 N–H and O–H groups in total. The van der Waals surface area contributed by atoms with Crippen LogP contribution in [0.1, 0.15) is 78.1 Å². The summed E-state index contributed by atoms with van der Waals surface area (Å²) in [5.41, 5.74) is 1.15. The predicted octanol–water partition coefficient (Wildman–Crippen LogP) is 1.67. The number of benzene rings is 1. The maximum Gasteiger partial charge on any atom is 0.262 e. The molecule has 29 heavy (non-hydrogen) atoms. The number of carbonyl (C=O) groups excluding carboxylic acids is 5. The number of rotatable bonds is 8. The van der Waals surface area contributed by atoms with E-state index in [4.69, 9.17) is 0 Å². The molecule has 1 fully saturated rings. The number of piperidine rings is 1. The van der Waals surface area contributed by atoms with Crippen LogP contribution in [0.15, 0.2) is 18.2 Å². The molecule has 1 atom stereocenters. The molecule has 0 spiro atoms. The molecular weight excluding hydrogens is 374 g/mol. The van der Waals surface area contributed by atoms with Gasteiger partial charge in [-0.15, -0.1) is 0 Å². The molecule has 0 radical (unpaired) electrons. The van der Waals surface area contributed by atoms with Crippen LogP contribution in [0, 0.1) is 0 Å². The number of hydrogen-bond acceptors (Lipinski definition) is 5. The predicted molar refractivity (Wildman–Crippen MR) is 104 cm³/mol. The van der Waals surface area contributed by atoms with Crippen LogP contribution in [-0.2, 0) is 20.9 Å². The molecule has 1 saturated heterocycles. The third-order valence-electron chi connectivity index (χ3n) is 5.25. The van der Waals surface area contributed by atoms with E-state index in [-0.39, 0.29) is 36.4 Å². The number of unbranched alkanes of at least 4 members (excludes halogenated alkanes) is 3. The Morgan fingerprint density at radius 2 is 1.86 bits per heavy atom. The minimum Gasteiger partial charge on any atom is -0.352 e. The van der Waals surface area contributed by atoms with E-state index in [1.54, 1.807) is 18.2 Å². The van der Waals surface area contributed by atoms with Crippen LogP contribution in [-0.4, -0.2) is 40.5 Å². The molecule has 8 nitrogen and oxygen atoms in total. The lowest BCUT2D eigenvalue weighted by Crippen LogP contribution is -2.54. The Hall–Kier alpha value is -3.03. The molecule has 0 saturated carbocycles. The van der Waals surface area contributed by atoms with Gasteiger partial charge in [0.05, 0.1) is 11.1 Å². The molecule has 5 amide bonds. The van der Waals surface area contributed by atoms with Gasteiger partial charge in [0.1, 0.15) is 6.04 Å². The minimum absolute atomic E-state index is 0.0471. The van der Waals surface area contributed by atoms with Crippen LogP contribution in [0.5, 0.6) is 0 Å². The maximum atomic E-state index is 12.8. The number of amides is 5. The number of hydrogen-bond donors (Lipinski definition) is 2. The average molecular weight is 399 g/mol. The van der Waals surface area contributed by atoms with Gasteiger partial charge in [0.25, 0.3) is 11.8 Å². The van der Waals surface area contributed by atoms with E-state index in [2.05, 4.69) is 17.6 Å². The molecule has 1 aromatic carbocycles. The zero-order valence-corrected chi connectivity index (χ0v) is 16.5. The Balaban J connectivity index is 1.64. The van der Waals surface area contributed by atoms with Crippen LogP contribution < -0.4 is 10.6 Å². The van der Waals surface area contributed by atoms with Gasteiger partial charge in [-0.05, 0) is 30.5 Å². The minimum atomic E-state index is -0.980. The summed E-state index contributed by atoms with van der Waals surface area (Å²) in [5, 5.41) is 5.00. The van der Waals surface area contributed by atoms with E-state index < -0.39 is 29.7 Å². The largest absolute Gasteiger partial charge is 0.352 e. The summed E-state index contributed by atoms with van der Waals surface area (Å²) in [7, 11) is 0. The lowest BCUT2D eigenvalue weighted by atomic mass is 10.0. The zero-order chi connectivity index (χ0) is 21.0. The molecular formula is C21H25N3O5. The van der Waals surface area contributed by atoms with Crippen molar-refractivity contribution in [1.82, 2.24) is 15.5 Å². The van der Waals surface area contributed by atoms with Crippen molar-refractivity contribution in [3.63, 3.8) is 0 Å². The van der Waals surface area contributed by atoms with Crippen molar-refractivity contribution >= 4 is 29.5 Å². The van der Waals surface area contributed by atoms with Crippen LogP contribution in [0.3, 0.4) is 0 Å². The summed E-state index contributed by atoms with van der Waals surface area (Å²) in [6, 6.07) is 3.84. The highest BCUT2D eigenvalue weighted by Crippen LogP contribution is 2.28. The van der Waals surface area contributed by atoms with Gasteiger partial charge in [-0.3, -0.25) is 34.2 Å². The molecule has 1 unspecified atom stereocenters. The standard InChI is InChI=1S/C21H25N3O5/c1-2-3-4-5-6-17(25)22-12-13-7-8-14-15(11-13)21(29)24(20(14)28)16-9-10-18(26)23-19(16)27/h7-8,11,16H,2-6,9-10,12H2,1H3,(H,22,25)(H,23,26,27). The van der Waals surface area contributed by atoms with Crippen molar-refractivity contribution in [3.8, 4) is 0 Å². The van der Waals surface area contributed by atoms with Gasteiger partial charge >= 0.3 is 0 Å². The van der Waals surface area contributed by atoms with Crippen molar-refractivity contribution in [2.45, 2.75) is 64.5 Å². The monoisotopic (exact) mass is 399 g/mol. The molecule has 3 rings (SSSR count). The Bertz CT molecular complexity index is 864. The molecule has 8 heteroatoms. The van der Waals surface area contributed by atoms with Crippen molar-refractivity contribution in [2.75, 3.05) is 0 Å². The van der Waals surface area contributed by atoms with E-state index in [1.807, 2.05) is 0 Å². The molecule has 0 aliphatic carbocycles. The Labute approximate surface area is 169 Å². The quantitative estimate of drug-likeness (QED) is 0.510. The number of imide groups is 2. The molecule has 0 aromatic heterocycles. The van der Waals surface area contributed by atoms with Crippen LogP contribution in [0.2, 0.25) is 0 Å². The highest BCUT2D eigenvalue weighted by Gasteiger charge is 2.44. The number of nitrogens with zero attached hydrogens (tertiary/aromatic N) is 1. The molecule has 1 aromatic rings. The van der Waals surface area contributed by atoms with Crippen LogP contribution >= 0.6 is 0 Å². The third kappa shape index (κ3) is 4.52. The highest BCUT2D eigenvalue weighted by atomic mass is 16.2. The van der Waals surface area contributed by atoms with Gasteiger partial charge in [-0.1, -0.05) is 32.3 Å². The SMILES string of the molecule is CCCCCCC(=O)NCc1ccc2c(c1)C(=O)N(C1CCC(=O)NC1=O)C2=O. The summed E-state index contributed by atoms with van der Waals surface area (Å²) >= 11 is 0. The molecule has 0 bridgehead atoms. The van der Waals surface area contributed by atoms with Gasteiger partial charge in [0, 0.05) is 19.4 Å².